The number of nitrogens with one attached hydrogen (secondary N) is 1. The van der Waals surface area contributed by atoms with Crippen molar-refractivity contribution >= 4 is 5.97 Å². The van der Waals surface area contributed by atoms with Gasteiger partial charge in [0.1, 0.15) is 5.75 Å². The van der Waals surface area contributed by atoms with E-state index in [1.165, 1.54) is 12.8 Å². The second-order valence-electron chi connectivity index (χ2n) is 7.57. The third-order valence-electron chi connectivity index (χ3n) is 5.41. The first-order chi connectivity index (χ1) is 12.6. The number of rotatable bonds is 9. The standard InChI is InChI=1S/C20H27N3O3/c21-13-16-2-1-3-18(12-16)26-15-20(14-22-17-4-5-17)7-10-23(11-8-20)9-6-19(24)25/h1-3,12,17,22H,4-11,14-15H2,(H,24,25). The lowest BCUT2D eigenvalue weighted by molar-refractivity contribution is -0.137. The summed E-state index contributed by atoms with van der Waals surface area (Å²) in [7, 11) is 0. The second kappa shape index (κ2) is 8.52. The van der Waals surface area contributed by atoms with E-state index >= 15 is 0 Å². The van der Waals surface area contributed by atoms with Crippen LogP contribution in [0.3, 0.4) is 0 Å². The number of piperidine rings is 1. The fourth-order valence-electron chi connectivity index (χ4n) is 3.42. The zero-order valence-electron chi connectivity index (χ0n) is 15.1. The Morgan fingerprint density at radius 3 is 2.81 bits per heavy atom. The van der Waals surface area contributed by atoms with Crippen molar-refractivity contribution in [2.24, 2.45) is 5.41 Å². The van der Waals surface area contributed by atoms with Crippen molar-refractivity contribution in [2.75, 3.05) is 32.8 Å². The quantitative estimate of drug-likeness (QED) is 0.705. The van der Waals surface area contributed by atoms with Crippen molar-refractivity contribution in [1.29, 1.82) is 5.26 Å². The molecule has 0 bridgehead atoms. The van der Waals surface area contributed by atoms with Crippen molar-refractivity contribution in [3.8, 4) is 11.8 Å². The number of carbonyl (C=O) groups is 1. The molecule has 0 aromatic heterocycles. The van der Waals surface area contributed by atoms with E-state index in [4.69, 9.17) is 15.1 Å². The normalized spacial score (nSPS) is 19.7. The number of likely N-dealkylation sites (tertiary alicyclic amines) is 1. The molecule has 2 fully saturated rings. The summed E-state index contributed by atoms with van der Waals surface area (Å²) in [5.74, 6) is 0.00102. The van der Waals surface area contributed by atoms with Crippen LogP contribution in [0.2, 0.25) is 0 Å². The van der Waals surface area contributed by atoms with Crippen LogP contribution in [-0.2, 0) is 4.79 Å². The molecule has 6 heteroatoms. The molecule has 3 rings (SSSR count). The average Bonchev–Trinajstić information content (AvgIpc) is 3.49. The van der Waals surface area contributed by atoms with E-state index in [1.807, 2.05) is 12.1 Å². The lowest BCUT2D eigenvalue weighted by Gasteiger charge is -2.41. The number of hydrogen-bond donors (Lipinski definition) is 2. The Labute approximate surface area is 154 Å². The number of nitrogens with zero attached hydrogens (tertiary/aromatic N) is 2. The Kier molecular flexibility index (Phi) is 6.12. The second-order valence-corrected chi connectivity index (χ2v) is 7.57. The van der Waals surface area contributed by atoms with Crippen LogP contribution < -0.4 is 10.1 Å². The molecule has 1 aliphatic carbocycles. The number of aliphatic carboxylic acids is 1. The maximum Gasteiger partial charge on any atom is 0.304 e. The van der Waals surface area contributed by atoms with Crippen molar-refractivity contribution < 1.29 is 14.6 Å². The number of benzene rings is 1. The van der Waals surface area contributed by atoms with Crippen molar-refractivity contribution in [2.45, 2.75) is 38.1 Å². The van der Waals surface area contributed by atoms with Gasteiger partial charge in [0.2, 0.25) is 0 Å². The van der Waals surface area contributed by atoms with Gasteiger partial charge in [0.05, 0.1) is 24.7 Å². The molecule has 1 aliphatic heterocycles. The van der Waals surface area contributed by atoms with Crippen molar-refractivity contribution in [3.05, 3.63) is 29.8 Å². The smallest absolute Gasteiger partial charge is 0.304 e. The number of nitriles is 1. The summed E-state index contributed by atoms with van der Waals surface area (Å²) in [6, 6.07) is 10.1. The van der Waals surface area contributed by atoms with E-state index < -0.39 is 5.97 Å². The third-order valence-corrected chi connectivity index (χ3v) is 5.41. The van der Waals surface area contributed by atoms with Gasteiger partial charge in [-0.2, -0.15) is 5.26 Å². The van der Waals surface area contributed by atoms with Crippen molar-refractivity contribution in [1.82, 2.24) is 10.2 Å². The molecular formula is C20H27N3O3. The molecule has 1 saturated carbocycles. The molecule has 1 aromatic rings. The molecule has 1 aromatic carbocycles. The van der Waals surface area contributed by atoms with E-state index in [1.54, 1.807) is 12.1 Å². The zero-order chi connectivity index (χ0) is 18.4. The van der Waals surface area contributed by atoms with Crippen LogP contribution in [0.1, 0.15) is 37.7 Å². The van der Waals surface area contributed by atoms with Gasteiger partial charge in [-0.1, -0.05) is 6.07 Å². The topological polar surface area (TPSA) is 85.6 Å². The summed E-state index contributed by atoms with van der Waals surface area (Å²) in [5.41, 5.74) is 0.668. The Balaban J connectivity index is 1.57. The summed E-state index contributed by atoms with van der Waals surface area (Å²) in [5, 5.41) is 21.6. The summed E-state index contributed by atoms with van der Waals surface area (Å²) in [4.78, 5) is 13.0. The zero-order valence-corrected chi connectivity index (χ0v) is 15.1. The van der Waals surface area contributed by atoms with Gasteiger partial charge in [-0.05, 0) is 57.0 Å². The fourth-order valence-corrected chi connectivity index (χ4v) is 3.42. The lowest BCUT2D eigenvalue weighted by atomic mass is 9.78. The minimum Gasteiger partial charge on any atom is -0.493 e. The van der Waals surface area contributed by atoms with Crippen LogP contribution in [0.5, 0.6) is 5.75 Å². The molecular weight excluding hydrogens is 330 g/mol. The monoisotopic (exact) mass is 357 g/mol. The molecule has 2 aliphatic rings. The van der Waals surface area contributed by atoms with E-state index in [9.17, 15) is 4.79 Å². The van der Waals surface area contributed by atoms with Gasteiger partial charge in [0.15, 0.2) is 0 Å². The highest BCUT2D eigenvalue weighted by molar-refractivity contribution is 5.66. The molecule has 0 amide bonds. The predicted molar refractivity (Wildman–Crippen MR) is 98.0 cm³/mol. The third kappa shape index (κ3) is 5.45. The van der Waals surface area contributed by atoms with E-state index in [-0.39, 0.29) is 11.8 Å². The summed E-state index contributed by atoms with van der Waals surface area (Å²) >= 11 is 0. The SMILES string of the molecule is N#Cc1cccc(OCC2(CNC3CC3)CCN(CCC(=O)O)CC2)c1. The van der Waals surface area contributed by atoms with Crippen LogP contribution in [0, 0.1) is 16.7 Å². The van der Waals surface area contributed by atoms with Gasteiger partial charge >= 0.3 is 5.97 Å². The highest BCUT2D eigenvalue weighted by Gasteiger charge is 2.37. The first kappa shape index (κ1) is 18.7. The highest BCUT2D eigenvalue weighted by Crippen LogP contribution is 2.33. The van der Waals surface area contributed by atoms with Crippen molar-refractivity contribution in [3.63, 3.8) is 0 Å². The van der Waals surface area contributed by atoms with E-state index in [0.717, 1.165) is 38.2 Å². The van der Waals surface area contributed by atoms with E-state index in [0.29, 0.717) is 24.8 Å². The largest absolute Gasteiger partial charge is 0.493 e. The van der Waals surface area contributed by atoms with Gasteiger partial charge in [-0.15, -0.1) is 0 Å². The first-order valence-electron chi connectivity index (χ1n) is 9.39. The number of carboxylic acid groups (broad SMARTS) is 1. The Morgan fingerprint density at radius 1 is 1.38 bits per heavy atom. The Bertz CT molecular complexity index is 659. The number of ether oxygens (including phenoxy) is 1. The van der Waals surface area contributed by atoms with Gasteiger partial charge in [0, 0.05) is 24.5 Å². The van der Waals surface area contributed by atoms with Gasteiger partial charge in [-0.3, -0.25) is 4.79 Å². The molecule has 0 radical (unpaired) electrons. The molecule has 1 heterocycles. The summed E-state index contributed by atoms with van der Waals surface area (Å²) < 4.78 is 6.07. The molecule has 2 N–H and O–H groups in total. The van der Waals surface area contributed by atoms with Crippen LogP contribution in [0.4, 0.5) is 0 Å². The fraction of sp³-hybridized carbons (Fsp3) is 0.600. The van der Waals surface area contributed by atoms with Crippen LogP contribution >= 0.6 is 0 Å². The Hall–Kier alpha value is -2.10. The minimum absolute atomic E-state index is 0.0605. The number of carboxylic acids is 1. The maximum atomic E-state index is 10.8. The van der Waals surface area contributed by atoms with Crippen LogP contribution in [0.25, 0.3) is 0 Å². The molecule has 1 saturated heterocycles. The Morgan fingerprint density at radius 2 is 2.15 bits per heavy atom. The lowest BCUT2D eigenvalue weighted by Crippen LogP contribution is -2.48. The highest BCUT2D eigenvalue weighted by atomic mass is 16.5. The van der Waals surface area contributed by atoms with Crippen LogP contribution in [-0.4, -0.2) is 54.8 Å². The first-order valence-corrected chi connectivity index (χ1v) is 9.39. The van der Waals surface area contributed by atoms with Crippen LogP contribution in [0.15, 0.2) is 24.3 Å². The molecule has 140 valence electrons. The maximum absolute atomic E-state index is 10.8. The molecule has 0 unspecified atom stereocenters. The van der Waals surface area contributed by atoms with E-state index in [2.05, 4.69) is 16.3 Å². The summed E-state index contributed by atoms with van der Waals surface area (Å²) in [6.45, 7) is 3.98. The summed E-state index contributed by atoms with van der Waals surface area (Å²) in [6.07, 6.45) is 4.69. The molecule has 0 spiro atoms. The average molecular weight is 357 g/mol. The molecule has 26 heavy (non-hydrogen) atoms. The number of hydrogen-bond acceptors (Lipinski definition) is 5. The predicted octanol–water partition coefficient (Wildman–Crippen LogP) is 2.25. The van der Waals surface area contributed by atoms with Gasteiger partial charge in [-0.25, -0.2) is 0 Å². The molecule has 6 nitrogen and oxygen atoms in total. The minimum atomic E-state index is -0.738. The van der Waals surface area contributed by atoms with Gasteiger partial charge in [0.25, 0.3) is 0 Å². The van der Waals surface area contributed by atoms with Gasteiger partial charge < -0.3 is 20.1 Å². The molecule has 0 atom stereocenters.